The maximum absolute atomic E-state index is 13.5. The van der Waals surface area contributed by atoms with Crippen LogP contribution in [0.4, 0.5) is 9.52 Å². The lowest BCUT2D eigenvalue weighted by Gasteiger charge is -2.22. The number of hydrogen-bond acceptors (Lipinski definition) is 8. The number of ketones is 1. The number of carbonyl (C=O) groups excluding carboxylic acids is 2. The summed E-state index contributed by atoms with van der Waals surface area (Å²) in [5, 5.41) is 20.2. The van der Waals surface area contributed by atoms with Crippen LogP contribution in [0, 0.1) is 5.82 Å². The fourth-order valence-corrected chi connectivity index (χ4v) is 6.89. The molecule has 0 spiro atoms. The van der Waals surface area contributed by atoms with E-state index in [1.807, 2.05) is 19.1 Å². The van der Waals surface area contributed by atoms with E-state index < -0.39 is 17.7 Å². The van der Waals surface area contributed by atoms with E-state index in [-0.39, 0.29) is 28.4 Å². The average molecular weight is 639 g/mol. The molecule has 0 saturated carbocycles. The summed E-state index contributed by atoms with van der Waals surface area (Å²) in [6, 6.07) is 17.8. The van der Waals surface area contributed by atoms with Crippen molar-refractivity contribution < 1.29 is 23.8 Å². The lowest BCUT2D eigenvalue weighted by atomic mass is 9.94. The lowest BCUT2D eigenvalue weighted by Crippen LogP contribution is -2.29. The minimum Gasteiger partial charge on any atom is -0.507 e. The van der Waals surface area contributed by atoms with E-state index in [9.17, 15) is 19.1 Å². The standard InChI is InChI=1S/C29H21BrFN3O4S2/c1-15-12-19-13-18(6-11-22(19)38-15)25(35)23-24(17-4-7-20(30)8-5-17)34(27(37)26(23)36)28-32-33-29(40-28)39-14-16-2-9-21(31)10-3-16/h2-11,13,15,24,35H,12,14H2,1H3/b25-23+. The molecule has 11 heteroatoms. The summed E-state index contributed by atoms with van der Waals surface area (Å²) in [7, 11) is 0. The molecule has 2 atom stereocenters. The number of aliphatic hydroxyl groups excluding tert-OH is 1. The Morgan fingerprint density at radius 2 is 1.88 bits per heavy atom. The first kappa shape index (κ1) is 26.7. The summed E-state index contributed by atoms with van der Waals surface area (Å²) in [6.45, 7) is 1.97. The summed E-state index contributed by atoms with van der Waals surface area (Å²) in [6.07, 6.45) is 0.706. The van der Waals surface area contributed by atoms with Gasteiger partial charge in [-0.3, -0.25) is 14.5 Å². The highest BCUT2D eigenvalue weighted by molar-refractivity contribution is 9.10. The summed E-state index contributed by atoms with van der Waals surface area (Å²) in [5.74, 6) is -0.881. The first-order valence-corrected chi connectivity index (χ1v) is 14.9. The fraction of sp³-hybridized carbons (Fsp3) is 0.172. The predicted octanol–water partition coefficient (Wildman–Crippen LogP) is 6.68. The third-order valence-corrected chi connectivity index (χ3v) is 9.33. The summed E-state index contributed by atoms with van der Waals surface area (Å²) in [4.78, 5) is 28.2. The normalized spacial score (nSPS) is 19.6. The molecule has 1 N–H and O–H groups in total. The van der Waals surface area contributed by atoms with Crippen LogP contribution >= 0.6 is 39.0 Å². The van der Waals surface area contributed by atoms with E-state index in [1.165, 1.54) is 40.1 Å². The summed E-state index contributed by atoms with van der Waals surface area (Å²) >= 11 is 6.00. The molecule has 0 radical (unpaired) electrons. The van der Waals surface area contributed by atoms with E-state index in [2.05, 4.69) is 26.1 Å². The van der Waals surface area contributed by atoms with Crippen molar-refractivity contribution in [3.8, 4) is 5.75 Å². The molecule has 3 heterocycles. The smallest absolute Gasteiger partial charge is 0.301 e. The molecular formula is C29H21BrFN3O4S2. The van der Waals surface area contributed by atoms with Crippen molar-refractivity contribution in [2.75, 3.05) is 4.90 Å². The number of hydrogen-bond donors (Lipinski definition) is 1. The molecule has 202 valence electrons. The van der Waals surface area contributed by atoms with Crippen LogP contribution in [0.5, 0.6) is 5.75 Å². The Balaban J connectivity index is 1.38. The zero-order chi connectivity index (χ0) is 28.0. The van der Waals surface area contributed by atoms with Gasteiger partial charge in [0, 0.05) is 22.2 Å². The van der Waals surface area contributed by atoms with E-state index in [0.29, 0.717) is 27.6 Å². The molecule has 4 aromatic rings. The van der Waals surface area contributed by atoms with Gasteiger partial charge < -0.3 is 9.84 Å². The van der Waals surface area contributed by atoms with Gasteiger partial charge in [0.15, 0.2) is 4.34 Å². The van der Waals surface area contributed by atoms with Crippen molar-refractivity contribution in [3.63, 3.8) is 0 Å². The van der Waals surface area contributed by atoms with Crippen LogP contribution in [-0.2, 0) is 21.8 Å². The molecule has 2 aliphatic heterocycles. The summed E-state index contributed by atoms with van der Waals surface area (Å²) < 4.78 is 20.4. The first-order valence-electron chi connectivity index (χ1n) is 12.4. The van der Waals surface area contributed by atoms with E-state index in [1.54, 1.807) is 42.5 Å². The van der Waals surface area contributed by atoms with Gasteiger partial charge in [0.1, 0.15) is 23.4 Å². The number of fused-ring (bicyclic) bond motifs is 1. The van der Waals surface area contributed by atoms with Crippen LogP contribution in [0.25, 0.3) is 5.76 Å². The van der Waals surface area contributed by atoms with Crippen molar-refractivity contribution in [2.45, 2.75) is 35.6 Å². The van der Waals surface area contributed by atoms with E-state index in [0.717, 1.165) is 21.3 Å². The van der Waals surface area contributed by atoms with Crippen molar-refractivity contribution in [3.05, 3.63) is 105 Å². The van der Waals surface area contributed by atoms with Crippen molar-refractivity contribution in [2.24, 2.45) is 0 Å². The van der Waals surface area contributed by atoms with Gasteiger partial charge in [-0.15, -0.1) is 10.2 Å². The molecule has 0 aliphatic carbocycles. The third kappa shape index (κ3) is 5.04. The molecule has 0 bridgehead atoms. The molecule has 1 fully saturated rings. The number of amides is 1. The molecular weight excluding hydrogens is 617 g/mol. The minimum absolute atomic E-state index is 0.0186. The second-order valence-corrected chi connectivity index (χ2v) is 12.5. The van der Waals surface area contributed by atoms with Crippen molar-refractivity contribution in [1.29, 1.82) is 0 Å². The Kier molecular flexibility index (Phi) is 7.20. The average Bonchev–Trinajstić information content (AvgIpc) is 3.63. The molecule has 1 aromatic heterocycles. The molecule has 40 heavy (non-hydrogen) atoms. The molecule has 7 nitrogen and oxygen atoms in total. The Hall–Kier alpha value is -3.54. The Morgan fingerprint density at radius 3 is 2.62 bits per heavy atom. The minimum atomic E-state index is -0.903. The van der Waals surface area contributed by atoms with Crippen LogP contribution < -0.4 is 9.64 Å². The number of nitrogens with zero attached hydrogens (tertiary/aromatic N) is 3. The highest BCUT2D eigenvalue weighted by Gasteiger charge is 2.48. The van der Waals surface area contributed by atoms with Gasteiger partial charge in [-0.2, -0.15) is 0 Å². The highest BCUT2D eigenvalue weighted by atomic mass is 79.9. The van der Waals surface area contributed by atoms with E-state index >= 15 is 0 Å². The number of aromatic nitrogens is 2. The van der Waals surface area contributed by atoms with Crippen molar-refractivity contribution in [1.82, 2.24) is 10.2 Å². The number of Topliss-reactive ketones (excluding diaryl/α,β-unsaturated/α-hetero) is 1. The number of anilines is 1. The topological polar surface area (TPSA) is 92.6 Å². The van der Waals surface area contributed by atoms with Gasteiger partial charge in [0.2, 0.25) is 5.13 Å². The largest absolute Gasteiger partial charge is 0.507 e. The Labute approximate surface area is 245 Å². The van der Waals surface area contributed by atoms with Crippen molar-refractivity contribution >= 4 is 61.6 Å². The van der Waals surface area contributed by atoms with Crippen LogP contribution in [0.1, 0.15) is 35.2 Å². The van der Waals surface area contributed by atoms with Crippen LogP contribution in [0.2, 0.25) is 0 Å². The maximum atomic E-state index is 13.5. The number of halogens is 2. The van der Waals surface area contributed by atoms with Crippen LogP contribution in [0.15, 0.2) is 81.1 Å². The number of thioether (sulfide) groups is 1. The molecule has 1 amide bonds. The lowest BCUT2D eigenvalue weighted by molar-refractivity contribution is -0.132. The van der Waals surface area contributed by atoms with Gasteiger partial charge in [0.05, 0.1) is 11.6 Å². The number of rotatable bonds is 6. The van der Waals surface area contributed by atoms with Crippen LogP contribution in [0.3, 0.4) is 0 Å². The Morgan fingerprint density at radius 1 is 1.12 bits per heavy atom. The molecule has 2 unspecified atom stereocenters. The van der Waals surface area contributed by atoms with Gasteiger partial charge >= 0.3 is 5.91 Å². The summed E-state index contributed by atoms with van der Waals surface area (Å²) in [5.41, 5.74) is 2.89. The fourth-order valence-electron chi connectivity index (χ4n) is 4.80. The van der Waals surface area contributed by atoms with E-state index in [4.69, 9.17) is 4.74 Å². The molecule has 1 saturated heterocycles. The first-order chi connectivity index (χ1) is 19.3. The number of aliphatic hydroxyl groups is 1. The van der Waals surface area contributed by atoms with Crippen LogP contribution in [-0.4, -0.2) is 33.1 Å². The zero-order valence-corrected chi connectivity index (χ0v) is 24.2. The monoisotopic (exact) mass is 637 g/mol. The third-order valence-electron chi connectivity index (χ3n) is 6.68. The number of carbonyl (C=O) groups is 2. The Bertz CT molecular complexity index is 1660. The van der Waals surface area contributed by atoms with Gasteiger partial charge in [-0.25, -0.2) is 4.39 Å². The molecule has 6 rings (SSSR count). The number of ether oxygens (including phenoxy) is 1. The zero-order valence-electron chi connectivity index (χ0n) is 21.0. The highest BCUT2D eigenvalue weighted by Crippen LogP contribution is 2.44. The molecule has 3 aromatic carbocycles. The molecule has 2 aliphatic rings. The van der Waals surface area contributed by atoms with Gasteiger partial charge in [-0.1, -0.05) is 63.3 Å². The quantitative estimate of drug-likeness (QED) is 0.0828. The maximum Gasteiger partial charge on any atom is 0.301 e. The van der Waals surface area contributed by atoms with Gasteiger partial charge in [-0.05, 0) is 66.1 Å². The van der Waals surface area contributed by atoms with Gasteiger partial charge in [0.25, 0.3) is 5.78 Å². The number of benzene rings is 3. The second-order valence-electron chi connectivity index (χ2n) is 9.44. The second kappa shape index (κ2) is 10.8. The predicted molar refractivity (Wildman–Crippen MR) is 155 cm³/mol. The SMILES string of the molecule is CC1Cc2cc(/C(O)=C3\C(=O)C(=O)N(c4nnc(SCc5ccc(F)cc5)s4)C3c3ccc(Br)cc3)ccc2O1.